The van der Waals surface area contributed by atoms with Crippen molar-refractivity contribution >= 4 is 22.2 Å². The number of pyridine rings is 2. The first-order valence-electron chi connectivity index (χ1n) is 9.09. The van der Waals surface area contributed by atoms with Crippen LogP contribution in [0.5, 0.6) is 5.75 Å². The van der Waals surface area contributed by atoms with E-state index in [9.17, 15) is 5.11 Å². The summed E-state index contributed by atoms with van der Waals surface area (Å²) in [6, 6.07) is 18.5. The number of fused-ring (bicyclic) bond motifs is 1. The monoisotopic (exact) mass is 374 g/mol. The molecule has 0 saturated carbocycles. The summed E-state index contributed by atoms with van der Waals surface area (Å²) >= 11 is 1.77. The third-order valence-corrected chi connectivity index (χ3v) is 5.96. The zero-order chi connectivity index (χ0) is 19.0. The number of hydrogen-bond acceptors (Lipinski definition) is 4. The van der Waals surface area contributed by atoms with Gasteiger partial charge in [-0.1, -0.05) is 24.3 Å². The summed E-state index contributed by atoms with van der Waals surface area (Å²) in [5.74, 6) is 0.324. The fourth-order valence-electron chi connectivity index (χ4n) is 3.49. The van der Waals surface area contributed by atoms with Gasteiger partial charge in [-0.25, -0.2) is 4.98 Å². The standard InChI is InChI=1S/C23H22N2OS/c1-14-5-4-6-18(24-14)13-20(21-12-8-16(3)27-21)19-11-10-17-9-7-15(2)25-22(17)23(19)26/h4-12,20,26H,13H2,1-3H3. The Kier molecular flexibility index (Phi) is 4.66. The number of aromatic nitrogens is 2. The van der Waals surface area contributed by atoms with Crippen molar-refractivity contribution in [3.63, 3.8) is 0 Å². The number of thiophene rings is 1. The number of benzene rings is 1. The molecule has 4 rings (SSSR count). The lowest BCUT2D eigenvalue weighted by atomic mass is 9.90. The zero-order valence-corrected chi connectivity index (χ0v) is 16.5. The van der Waals surface area contributed by atoms with Crippen LogP contribution in [0.15, 0.2) is 54.6 Å². The fraction of sp³-hybridized carbons (Fsp3) is 0.217. The zero-order valence-electron chi connectivity index (χ0n) is 15.7. The van der Waals surface area contributed by atoms with Crippen LogP contribution in [0.3, 0.4) is 0 Å². The molecule has 0 fully saturated rings. The molecule has 0 aliphatic heterocycles. The highest BCUT2D eigenvalue weighted by Gasteiger charge is 2.22. The molecule has 0 aliphatic rings. The van der Waals surface area contributed by atoms with Crippen LogP contribution in [0.25, 0.3) is 10.9 Å². The average molecular weight is 375 g/mol. The van der Waals surface area contributed by atoms with Gasteiger partial charge in [0, 0.05) is 50.1 Å². The fourth-order valence-corrected chi connectivity index (χ4v) is 4.49. The minimum atomic E-state index is 0.0460. The van der Waals surface area contributed by atoms with E-state index in [0.29, 0.717) is 5.52 Å². The van der Waals surface area contributed by atoms with Gasteiger partial charge in [0.1, 0.15) is 11.3 Å². The first-order valence-corrected chi connectivity index (χ1v) is 9.91. The molecule has 0 spiro atoms. The van der Waals surface area contributed by atoms with E-state index in [1.54, 1.807) is 11.3 Å². The summed E-state index contributed by atoms with van der Waals surface area (Å²) in [6.07, 6.45) is 0.743. The lowest BCUT2D eigenvalue weighted by Gasteiger charge is -2.18. The molecular formula is C23H22N2OS. The summed E-state index contributed by atoms with van der Waals surface area (Å²) in [5, 5.41) is 12.0. The molecule has 136 valence electrons. The highest BCUT2D eigenvalue weighted by Crippen LogP contribution is 2.39. The highest BCUT2D eigenvalue weighted by atomic mass is 32.1. The Labute approximate surface area is 163 Å². The number of rotatable bonds is 4. The van der Waals surface area contributed by atoms with E-state index >= 15 is 0 Å². The molecule has 4 heteroatoms. The second-order valence-electron chi connectivity index (χ2n) is 7.00. The molecule has 4 aromatic rings. The largest absolute Gasteiger partial charge is 0.505 e. The molecular weight excluding hydrogens is 352 g/mol. The molecule has 3 heterocycles. The molecule has 0 amide bonds. The molecule has 0 radical (unpaired) electrons. The maximum atomic E-state index is 11.1. The molecule has 0 bridgehead atoms. The minimum Gasteiger partial charge on any atom is -0.505 e. The van der Waals surface area contributed by atoms with Gasteiger partial charge < -0.3 is 5.11 Å². The lowest BCUT2D eigenvalue weighted by Crippen LogP contribution is -2.06. The van der Waals surface area contributed by atoms with Crippen molar-refractivity contribution in [3.8, 4) is 5.75 Å². The number of aryl methyl sites for hydroxylation is 3. The van der Waals surface area contributed by atoms with Crippen LogP contribution in [0.4, 0.5) is 0 Å². The summed E-state index contributed by atoms with van der Waals surface area (Å²) in [4.78, 5) is 11.8. The molecule has 1 N–H and O–H groups in total. The molecule has 1 unspecified atom stereocenters. The van der Waals surface area contributed by atoms with Crippen LogP contribution in [-0.4, -0.2) is 15.1 Å². The quantitative estimate of drug-likeness (QED) is 0.498. The van der Waals surface area contributed by atoms with Crippen LogP contribution in [0.1, 0.15) is 38.3 Å². The van der Waals surface area contributed by atoms with Gasteiger partial charge in [0.25, 0.3) is 0 Å². The number of nitrogens with zero attached hydrogens (tertiary/aromatic N) is 2. The van der Waals surface area contributed by atoms with Gasteiger partial charge in [0.05, 0.1) is 0 Å². The molecule has 0 aliphatic carbocycles. The first-order chi connectivity index (χ1) is 13.0. The Morgan fingerprint density at radius 2 is 1.67 bits per heavy atom. The maximum absolute atomic E-state index is 11.1. The van der Waals surface area contributed by atoms with E-state index in [-0.39, 0.29) is 11.7 Å². The molecule has 3 nitrogen and oxygen atoms in total. The Hall–Kier alpha value is -2.72. The average Bonchev–Trinajstić information content (AvgIpc) is 3.07. The van der Waals surface area contributed by atoms with Crippen LogP contribution in [-0.2, 0) is 6.42 Å². The lowest BCUT2D eigenvalue weighted by molar-refractivity contribution is 0.469. The van der Waals surface area contributed by atoms with Crippen molar-refractivity contribution in [3.05, 3.63) is 87.0 Å². The van der Waals surface area contributed by atoms with Gasteiger partial charge in [-0.05, 0) is 51.1 Å². The predicted molar refractivity (Wildman–Crippen MR) is 112 cm³/mol. The third kappa shape index (κ3) is 3.58. The third-order valence-electron chi connectivity index (χ3n) is 4.85. The van der Waals surface area contributed by atoms with Crippen molar-refractivity contribution in [1.82, 2.24) is 9.97 Å². The van der Waals surface area contributed by atoms with Crippen LogP contribution in [0.2, 0.25) is 0 Å². The smallest absolute Gasteiger partial charge is 0.145 e. The van der Waals surface area contributed by atoms with Gasteiger partial charge in [0.2, 0.25) is 0 Å². The maximum Gasteiger partial charge on any atom is 0.145 e. The van der Waals surface area contributed by atoms with Crippen molar-refractivity contribution in [2.45, 2.75) is 33.1 Å². The van der Waals surface area contributed by atoms with E-state index in [2.05, 4.69) is 35.1 Å². The van der Waals surface area contributed by atoms with E-state index in [4.69, 9.17) is 0 Å². The van der Waals surface area contributed by atoms with Crippen molar-refractivity contribution in [2.24, 2.45) is 0 Å². The predicted octanol–water partition coefficient (Wildman–Crippen LogP) is 5.70. The number of phenolic OH excluding ortho intramolecular Hbond substituents is 1. The molecule has 3 aromatic heterocycles. The topological polar surface area (TPSA) is 46.0 Å². The second-order valence-corrected chi connectivity index (χ2v) is 8.32. The first kappa shape index (κ1) is 17.7. The van der Waals surface area contributed by atoms with E-state index in [0.717, 1.165) is 34.5 Å². The van der Waals surface area contributed by atoms with Crippen molar-refractivity contribution in [2.75, 3.05) is 0 Å². The Morgan fingerprint density at radius 1 is 0.889 bits per heavy atom. The molecule has 0 saturated heterocycles. The number of hydrogen-bond donors (Lipinski definition) is 1. The SMILES string of the molecule is Cc1cccc(CC(c2ccc(C)s2)c2ccc3ccc(C)nc3c2O)n1. The van der Waals surface area contributed by atoms with Gasteiger partial charge in [-0.3, -0.25) is 4.98 Å². The Balaban J connectivity index is 1.85. The summed E-state index contributed by atoms with van der Waals surface area (Å²) in [5.41, 5.74) is 4.52. The summed E-state index contributed by atoms with van der Waals surface area (Å²) in [6.45, 7) is 6.07. The summed E-state index contributed by atoms with van der Waals surface area (Å²) < 4.78 is 0. The Bertz CT molecular complexity index is 1120. The van der Waals surface area contributed by atoms with Crippen LogP contribution < -0.4 is 0 Å². The second kappa shape index (κ2) is 7.12. The summed E-state index contributed by atoms with van der Waals surface area (Å²) in [7, 11) is 0. The highest BCUT2D eigenvalue weighted by molar-refractivity contribution is 7.12. The van der Waals surface area contributed by atoms with Crippen molar-refractivity contribution in [1.29, 1.82) is 0 Å². The van der Waals surface area contributed by atoms with Gasteiger partial charge in [0.15, 0.2) is 0 Å². The van der Waals surface area contributed by atoms with E-state index in [1.807, 2.05) is 50.2 Å². The van der Waals surface area contributed by atoms with Crippen molar-refractivity contribution < 1.29 is 5.11 Å². The molecule has 1 atom stereocenters. The number of phenols is 1. The van der Waals surface area contributed by atoms with Gasteiger partial charge in [-0.2, -0.15) is 0 Å². The van der Waals surface area contributed by atoms with Crippen LogP contribution >= 0.6 is 11.3 Å². The molecule has 1 aromatic carbocycles. The van der Waals surface area contributed by atoms with E-state index in [1.165, 1.54) is 9.75 Å². The normalized spacial score (nSPS) is 12.4. The molecule has 27 heavy (non-hydrogen) atoms. The van der Waals surface area contributed by atoms with Gasteiger partial charge >= 0.3 is 0 Å². The van der Waals surface area contributed by atoms with Gasteiger partial charge in [-0.15, -0.1) is 11.3 Å². The van der Waals surface area contributed by atoms with Crippen LogP contribution in [0, 0.1) is 20.8 Å². The minimum absolute atomic E-state index is 0.0460. The Morgan fingerprint density at radius 3 is 2.41 bits per heavy atom. The number of aromatic hydroxyl groups is 1. The van der Waals surface area contributed by atoms with E-state index < -0.39 is 0 Å².